The second kappa shape index (κ2) is 10.5. The fourth-order valence-corrected chi connectivity index (χ4v) is 2.50. The minimum atomic E-state index is -0.382. The first-order valence-corrected chi connectivity index (χ1v) is 8.66. The average Bonchev–Trinajstić information content (AvgIpc) is 2.68. The first kappa shape index (κ1) is 21.5. The summed E-state index contributed by atoms with van der Waals surface area (Å²) >= 11 is 0. The average molecular weight is 363 g/mol. The molecule has 6 heteroatoms. The minimum absolute atomic E-state index is 0.0182. The number of hydrogen-bond donors (Lipinski definition) is 0. The zero-order valence-corrected chi connectivity index (χ0v) is 16.4. The fraction of sp³-hybridized carbons (Fsp3) is 0.500. The number of methoxy groups -OCH3 is 3. The lowest BCUT2D eigenvalue weighted by Crippen LogP contribution is -2.42. The molecule has 0 aliphatic carbocycles. The molecule has 1 rings (SSSR count). The van der Waals surface area contributed by atoms with Gasteiger partial charge in [0.2, 0.25) is 5.91 Å². The van der Waals surface area contributed by atoms with Gasteiger partial charge < -0.3 is 19.1 Å². The van der Waals surface area contributed by atoms with Crippen LogP contribution in [0.25, 0.3) is 6.08 Å². The van der Waals surface area contributed by atoms with Gasteiger partial charge in [-0.3, -0.25) is 9.59 Å². The maximum atomic E-state index is 12.7. The van der Waals surface area contributed by atoms with E-state index in [0.717, 1.165) is 12.0 Å². The van der Waals surface area contributed by atoms with Gasteiger partial charge in [0.15, 0.2) is 11.5 Å². The first-order chi connectivity index (χ1) is 12.4. The van der Waals surface area contributed by atoms with Crippen molar-refractivity contribution < 1.29 is 23.8 Å². The molecule has 0 aliphatic heterocycles. The molecular formula is C20H29NO5. The van der Waals surface area contributed by atoms with E-state index in [2.05, 4.69) is 0 Å². The van der Waals surface area contributed by atoms with Gasteiger partial charge in [-0.1, -0.05) is 19.9 Å². The number of benzene rings is 1. The van der Waals surface area contributed by atoms with Crippen molar-refractivity contribution in [2.24, 2.45) is 5.92 Å². The van der Waals surface area contributed by atoms with Gasteiger partial charge in [-0.2, -0.15) is 0 Å². The molecule has 0 heterocycles. The standard InChI is InChI=1S/C20H29NO5/c1-7-15(3)21(13-14(2)20(23)26-6)19(22)11-9-16-8-10-17(24-4)18(12-16)25-5/h8-12,14-15H,7,13H2,1-6H3/b11-9+. The molecule has 26 heavy (non-hydrogen) atoms. The van der Waals surface area contributed by atoms with Crippen LogP contribution in [0.5, 0.6) is 11.5 Å². The predicted molar refractivity (Wildman–Crippen MR) is 101 cm³/mol. The summed E-state index contributed by atoms with van der Waals surface area (Å²) in [7, 11) is 4.49. The lowest BCUT2D eigenvalue weighted by Gasteiger charge is -2.29. The first-order valence-electron chi connectivity index (χ1n) is 8.66. The van der Waals surface area contributed by atoms with Crippen molar-refractivity contribution in [2.45, 2.75) is 33.2 Å². The highest BCUT2D eigenvalue weighted by atomic mass is 16.5. The Hall–Kier alpha value is -2.50. The number of ether oxygens (including phenoxy) is 3. The van der Waals surface area contributed by atoms with E-state index in [1.807, 2.05) is 19.9 Å². The molecule has 0 radical (unpaired) electrons. The number of esters is 1. The Balaban J connectivity index is 2.95. The van der Waals surface area contributed by atoms with Crippen LogP contribution in [0.4, 0.5) is 0 Å². The van der Waals surface area contributed by atoms with Crippen LogP contribution in [0, 0.1) is 5.92 Å². The Labute approximate surface area is 155 Å². The molecular weight excluding hydrogens is 334 g/mol. The largest absolute Gasteiger partial charge is 0.493 e. The van der Waals surface area contributed by atoms with Gasteiger partial charge in [0.1, 0.15) is 0 Å². The van der Waals surface area contributed by atoms with Crippen LogP contribution in [0.1, 0.15) is 32.8 Å². The third-order valence-electron chi connectivity index (χ3n) is 4.31. The molecule has 0 N–H and O–H groups in total. The van der Waals surface area contributed by atoms with E-state index < -0.39 is 0 Å². The monoisotopic (exact) mass is 363 g/mol. The van der Waals surface area contributed by atoms with Crippen LogP contribution in [0.2, 0.25) is 0 Å². The van der Waals surface area contributed by atoms with E-state index >= 15 is 0 Å². The molecule has 0 spiro atoms. The van der Waals surface area contributed by atoms with E-state index in [1.165, 1.54) is 13.2 Å². The van der Waals surface area contributed by atoms with Crippen LogP contribution in [-0.4, -0.2) is 50.7 Å². The van der Waals surface area contributed by atoms with Crippen molar-refractivity contribution in [3.05, 3.63) is 29.8 Å². The molecule has 2 unspecified atom stereocenters. The summed E-state index contributed by atoms with van der Waals surface area (Å²) < 4.78 is 15.2. The highest BCUT2D eigenvalue weighted by Gasteiger charge is 2.23. The Kier molecular flexibility index (Phi) is 8.68. The number of carbonyl (C=O) groups excluding carboxylic acids is 2. The van der Waals surface area contributed by atoms with E-state index in [9.17, 15) is 9.59 Å². The Bertz CT molecular complexity index is 641. The van der Waals surface area contributed by atoms with Crippen molar-refractivity contribution >= 4 is 18.0 Å². The lowest BCUT2D eigenvalue weighted by atomic mass is 10.1. The van der Waals surface area contributed by atoms with Crippen molar-refractivity contribution in [2.75, 3.05) is 27.9 Å². The van der Waals surface area contributed by atoms with E-state index in [-0.39, 0.29) is 23.8 Å². The lowest BCUT2D eigenvalue weighted by molar-refractivity contribution is -0.146. The number of amides is 1. The Morgan fingerprint density at radius 3 is 2.31 bits per heavy atom. The summed E-state index contributed by atoms with van der Waals surface area (Å²) in [6, 6.07) is 5.45. The molecule has 0 saturated carbocycles. The second-order valence-corrected chi connectivity index (χ2v) is 6.12. The number of carbonyl (C=O) groups is 2. The molecule has 0 aromatic heterocycles. The third-order valence-corrected chi connectivity index (χ3v) is 4.31. The number of nitrogens with zero attached hydrogens (tertiary/aromatic N) is 1. The molecule has 2 atom stereocenters. The van der Waals surface area contributed by atoms with Gasteiger partial charge in [-0.05, 0) is 37.1 Å². The highest BCUT2D eigenvalue weighted by molar-refractivity contribution is 5.92. The minimum Gasteiger partial charge on any atom is -0.493 e. The van der Waals surface area contributed by atoms with Crippen LogP contribution in [-0.2, 0) is 14.3 Å². The highest BCUT2D eigenvalue weighted by Crippen LogP contribution is 2.28. The maximum absolute atomic E-state index is 12.7. The molecule has 0 fully saturated rings. The van der Waals surface area contributed by atoms with Gasteiger partial charge in [-0.15, -0.1) is 0 Å². The van der Waals surface area contributed by atoms with Crippen molar-refractivity contribution in [1.29, 1.82) is 0 Å². The van der Waals surface area contributed by atoms with Crippen LogP contribution in [0.15, 0.2) is 24.3 Å². The molecule has 144 valence electrons. The summed E-state index contributed by atoms with van der Waals surface area (Å²) in [5.74, 6) is 0.372. The zero-order valence-electron chi connectivity index (χ0n) is 16.4. The summed E-state index contributed by atoms with van der Waals surface area (Å²) in [6.07, 6.45) is 4.03. The predicted octanol–water partition coefficient (Wildman–Crippen LogP) is 3.15. The molecule has 6 nitrogen and oxygen atoms in total. The van der Waals surface area contributed by atoms with Crippen molar-refractivity contribution in [3.63, 3.8) is 0 Å². The molecule has 1 aromatic rings. The van der Waals surface area contributed by atoms with Crippen molar-refractivity contribution in [1.82, 2.24) is 4.90 Å². The Morgan fingerprint density at radius 2 is 1.77 bits per heavy atom. The fourth-order valence-electron chi connectivity index (χ4n) is 2.50. The van der Waals surface area contributed by atoms with Gasteiger partial charge in [0.05, 0.1) is 27.2 Å². The van der Waals surface area contributed by atoms with Crippen LogP contribution in [0.3, 0.4) is 0 Å². The van der Waals surface area contributed by atoms with E-state index in [0.29, 0.717) is 18.0 Å². The molecule has 0 saturated heterocycles. The van der Waals surface area contributed by atoms with Gasteiger partial charge in [0.25, 0.3) is 0 Å². The van der Waals surface area contributed by atoms with Gasteiger partial charge in [0, 0.05) is 18.7 Å². The molecule has 1 amide bonds. The topological polar surface area (TPSA) is 65.1 Å². The van der Waals surface area contributed by atoms with Gasteiger partial charge >= 0.3 is 5.97 Å². The Morgan fingerprint density at radius 1 is 1.12 bits per heavy atom. The van der Waals surface area contributed by atoms with E-state index in [4.69, 9.17) is 14.2 Å². The SMILES string of the molecule is CCC(C)N(CC(C)C(=O)OC)C(=O)/C=C/c1ccc(OC)c(OC)c1. The summed E-state index contributed by atoms with van der Waals surface area (Å²) in [5, 5.41) is 0. The van der Waals surface area contributed by atoms with Gasteiger partial charge in [-0.25, -0.2) is 0 Å². The van der Waals surface area contributed by atoms with Crippen LogP contribution >= 0.6 is 0 Å². The number of rotatable bonds is 9. The molecule has 0 aliphatic rings. The maximum Gasteiger partial charge on any atom is 0.310 e. The summed E-state index contributed by atoms with van der Waals surface area (Å²) in [5.41, 5.74) is 0.820. The zero-order chi connectivity index (χ0) is 19.7. The molecule has 0 bridgehead atoms. The second-order valence-electron chi connectivity index (χ2n) is 6.12. The van der Waals surface area contributed by atoms with E-state index in [1.54, 1.807) is 44.3 Å². The quantitative estimate of drug-likeness (QED) is 0.498. The smallest absolute Gasteiger partial charge is 0.310 e. The summed E-state index contributed by atoms with van der Waals surface area (Å²) in [4.78, 5) is 26.1. The number of hydrogen-bond acceptors (Lipinski definition) is 5. The van der Waals surface area contributed by atoms with Crippen LogP contribution < -0.4 is 9.47 Å². The summed E-state index contributed by atoms with van der Waals surface area (Å²) in [6.45, 7) is 6.04. The third kappa shape index (κ3) is 5.79. The van der Waals surface area contributed by atoms with Crippen molar-refractivity contribution in [3.8, 4) is 11.5 Å². The molecule has 1 aromatic carbocycles. The normalized spacial score (nSPS) is 13.2.